The fraction of sp³-hybridized carbons (Fsp3) is 0.250. The molecule has 140 valence electrons. The lowest BCUT2D eigenvalue weighted by Gasteiger charge is -2.36. The lowest BCUT2D eigenvalue weighted by atomic mass is 10.1. The van der Waals surface area contributed by atoms with Gasteiger partial charge in [-0.15, -0.1) is 0 Å². The van der Waals surface area contributed by atoms with Gasteiger partial charge in [0.15, 0.2) is 0 Å². The smallest absolute Gasteiger partial charge is 0.146 e. The first-order valence-corrected chi connectivity index (χ1v) is 9.57. The number of piperazine rings is 1. The molecule has 2 heterocycles. The molecule has 0 spiro atoms. The van der Waals surface area contributed by atoms with Crippen molar-refractivity contribution in [1.29, 1.82) is 0 Å². The molecule has 4 rings (SSSR count). The van der Waals surface area contributed by atoms with Gasteiger partial charge in [-0.3, -0.25) is 10.00 Å². The first-order valence-electron chi connectivity index (χ1n) is 8.81. The summed E-state index contributed by atoms with van der Waals surface area (Å²) in [5, 5.41) is 8.45. The van der Waals surface area contributed by atoms with Crippen molar-refractivity contribution in [3.8, 4) is 11.3 Å². The summed E-state index contributed by atoms with van der Waals surface area (Å²) in [6.45, 7) is 4.04. The molecular weight excluding hydrogens is 386 g/mol. The van der Waals surface area contributed by atoms with E-state index in [0.29, 0.717) is 15.7 Å². The van der Waals surface area contributed by atoms with Crippen LogP contribution in [0.15, 0.2) is 48.7 Å². The quantitative estimate of drug-likeness (QED) is 0.675. The number of hydrogen-bond acceptors (Lipinski definition) is 3. The minimum atomic E-state index is -0.166. The summed E-state index contributed by atoms with van der Waals surface area (Å²) >= 11 is 12.3. The highest BCUT2D eigenvalue weighted by Gasteiger charge is 2.21. The Balaban J connectivity index is 1.45. The Kier molecular flexibility index (Phi) is 5.34. The molecule has 1 saturated heterocycles. The van der Waals surface area contributed by atoms with E-state index >= 15 is 0 Å². The number of aromatic nitrogens is 2. The van der Waals surface area contributed by atoms with Gasteiger partial charge in [0.2, 0.25) is 0 Å². The van der Waals surface area contributed by atoms with Crippen LogP contribution in [0.4, 0.5) is 10.1 Å². The third kappa shape index (κ3) is 3.95. The Bertz CT molecular complexity index is 935. The fourth-order valence-electron chi connectivity index (χ4n) is 3.45. The van der Waals surface area contributed by atoms with E-state index in [-0.39, 0.29) is 5.82 Å². The lowest BCUT2D eigenvalue weighted by Crippen LogP contribution is -2.46. The van der Waals surface area contributed by atoms with Crippen LogP contribution in [-0.4, -0.2) is 41.3 Å². The zero-order chi connectivity index (χ0) is 18.8. The van der Waals surface area contributed by atoms with Crippen molar-refractivity contribution in [3.63, 3.8) is 0 Å². The third-order valence-electron chi connectivity index (χ3n) is 4.88. The second-order valence-corrected chi connectivity index (χ2v) is 7.45. The number of hydrogen-bond donors (Lipinski definition) is 1. The molecule has 3 aromatic rings. The molecule has 0 amide bonds. The summed E-state index contributed by atoms with van der Waals surface area (Å²) in [5.41, 5.74) is 3.56. The second-order valence-electron chi connectivity index (χ2n) is 6.61. The van der Waals surface area contributed by atoms with Crippen LogP contribution in [0.3, 0.4) is 0 Å². The maximum absolute atomic E-state index is 14.0. The van der Waals surface area contributed by atoms with Crippen LogP contribution < -0.4 is 4.90 Å². The van der Waals surface area contributed by atoms with Gasteiger partial charge in [0, 0.05) is 48.9 Å². The summed E-state index contributed by atoms with van der Waals surface area (Å²) in [6, 6.07) is 12.4. The predicted octanol–water partition coefficient (Wildman–Crippen LogP) is 4.84. The van der Waals surface area contributed by atoms with E-state index in [1.807, 2.05) is 30.5 Å². The van der Waals surface area contributed by atoms with Crippen LogP contribution >= 0.6 is 23.2 Å². The van der Waals surface area contributed by atoms with E-state index in [2.05, 4.69) is 20.0 Å². The lowest BCUT2D eigenvalue weighted by molar-refractivity contribution is 0.249. The van der Waals surface area contributed by atoms with Gasteiger partial charge >= 0.3 is 0 Å². The summed E-state index contributed by atoms with van der Waals surface area (Å²) in [5.74, 6) is -0.166. The Morgan fingerprint density at radius 1 is 1.04 bits per heavy atom. The van der Waals surface area contributed by atoms with E-state index in [1.54, 1.807) is 12.1 Å². The largest absolute Gasteiger partial charge is 0.367 e. The van der Waals surface area contributed by atoms with Crippen LogP contribution in [0, 0.1) is 5.82 Å². The average molecular weight is 405 g/mol. The van der Waals surface area contributed by atoms with Crippen molar-refractivity contribution < 1.29 is 4.39 Å². The maximum Gasteiger partial charge on any atom is 0.146 e. The predicted molar refractivity (Wildman–Crippen MR) is 108 cm³/mol. The zero-order valence-corrected chi connectivity index (χ0v) is 16.1. The molecule has 1 aliphatic rings. The van der Waals surface area contributed by atoms with Crippen LogP contribution in [0.25, 0.3) is 11.3 Å². The van der Waals surface area contributed by atoms with E-state index in [4.69, 9.17) is 23.2 Å². The molecule has 1 N–H and O–H groups in total. The maximum atomic E-state index is 14.0. The van der Waals surface area contributed by atoms with Crippen LogP contribution in [-0.2, 0) is 6.54 Å². The molecule has 7 heteroatoms. The van der Waals surface area contributed by atoms with Crippen LogP contribution in [0.1, 0.15) is 5.56 Å². The highest BCUT2D eigenvalue weighted by atomic mass is 35.5. The van der Waals surface area contributed by atoms with Gasteiger partial charge in [0.05, 0.1) is 22.6 Å². The van der Waals surface area contributed by atoms with E-state index < -0.39 is 0 Å². The van der Waals surface area contributed by atoms with E-state index in [0.717, 1.165) is 49.5 Å². The standard InChI is InChI=1S/C20H19Cl2FN4/c21-15-5-6-16(17(22)11-15)20-14(12-24-25-20)13-26-7-9-27(10-8-26)19-4-2-1-3-18(19)23/h1-6,11-12H,7-10,13H2,(H,24,25). The van der Waals surface area contributed by atoms with E-state index in [9.17, 15) is 4.39 Å². The summed E-state index contributed by atoms with van der Waals surface area (Å²) in [6.07, 6.45) is 1.84. The van der Waals surface area contributed by atoms with Crippen molar-refractivity contribution >= 4 is 28.9 Å². The highest BCUT2D eigenvalue weighted by molar-refractivity contribution is 6.36. The van der Waals surface area contributed by atoms with Gasteiger partial charge in [0.1, 0.15) is 5.82 Å². The minimum absolute atomic E-state index is 0.166. The molecule has 4 nitrogen and oxygen atoms in total. The van der Waals surface area contributed by atoms with Crippen molar-refractivity contribution in [2.75, 3.05) is 31.1 Å². The number of aromatic amines is 1. The normalized spacial score (nSPS) is 15.3. The third-order valence-corrected chi connectivity index (χ3v) is 5.43. The summed E-state index contributed by atoms with van der Waals surface area (Å²) < 4.78 is 14.0. The molecule has 27 heavy (non-hydrogen) atoms. The molecule has 0 radical (unpaired) electrons. The number of halogens is 3. The monoisotopic (exact) mass is 404 g/mol. The van der Waals surface area contributed by atoms with Gasteiger partial charge in [-0.1, -0.05) is 35.3 Å². The van der Waals surface area contributed by atoms with Gasteiger partial charge in [-0.05, 0) is 30.3 Å². The molecule has 0 saturated carbocycles. The van der Waals surface area contributed by atoms with Gasteiger partial charge in [-0.2, -0.15) is 5.10 Å². The number of para-hydroxylation sites is 1. The van der Waals surface area contributed by atoms with Crippen molar-refractivity contribution in [2.45, 2.75) is 6.54 Å². The van der Waals surface area contributed by atoms with Crippen LogP contribution in [0.2, 0.25) is 10.0 Å². The molecule has 0 aliphatic carbocycles. The molecule has 1 fully saturated rings. The van der Waals surface area contributed by atoms with Crippen molar-refractivity contribution in [1.82, 2.24) is 15.1 Å². The molecule has 0 atom stereocenters. The number of anilines is 1. The van der Waals surface area contributed by atoms with Crippen molar-refractivity contribution in [2.24, 2.45) is 0 Å². The molecule has 1 aromatic heterocycles. The number of rotatable bonds is 4. The summed E-state index contributed by atoms with van der Waals surface area (Å²) in [4.78, 5) is 4.44. The number of nitrogens with one attached hydrogen (secondary N) is 1. The molecular formula is C20H19Cl2FN4. The molecule has 1 aliphatic heterocycles. The van der Waals surface area contributed by atoms with Gasteiger partial charge < -0.3 is 4.90 Å². The van der Waals surface area contributed by atoms with E-state index in [1.165, 1.54) is 6.07 Å². The highest BCUT2D eigenvalue weighted by Crippen LogP contribution is 2.31. The minimum Gasteiger partial charge on any atom is -0.367 e. The Morgan fingerprint density at radius 3 is 2.56 bits per heavy atom. The van der Waals surface area contributed by atoms with Crippen LogP contribution in [0.5, 0.6) is 0 Å². The first kappa shape index (κ1) is 18.3. The topological polar surface area (TPSA) is 35.2 Å². The first-order chi connectivity index (χ1) is 13.1. The number of benzene rings is 2. The molecule has 0 bridgehead atoms. The molecule has 2 aromatic carbocycles. The Morgan fingerprint density at radius 2 is 1.81 bits per heavy atom. The second kappa shape index (κ2) is 7.89. The average Bonchev–Trinajstić information content (AvgIpc) is 3.11. The van der Waals surface area contributed by atoms with Gasteiger partial charge in [-0.25, -0.2) is 4.39 Å². The molecule has 0 unspecified atom stereocenters. The number of H-pyrrole nitrogens is 1. The Labute approximate surface area is 167 Å². The Hall–Kier alpha value is -2.08. The number of nitrogens with zero attached hydrogens (tertiary/aromatic N) is 3. The van der Waals surface area contributed by atoms with Gasteiger partial charge in [0.25, 0.3) is 0 Å². The van der Waals surface area contributed by atoms with Crippen molar-refractivity contribution in [3.05, 3.63) is 70.1 Å². The fourth-order valence-corrected chi connectivity index (χ4v) is 3.96. The SMILES string of the molecule is Fc1ccccc1N1CCN(Cc2cn[nH]c2-c2ccc(Cl)cc2Cl)CC1. The summed E-state index contributed by atoms with van der Waals surface area (Å²) in [7, 11) is 0. The zero-order valence-electron chi connectivity index (χ0n) is 14.6.